The minimum absolute atomic E-state index is 0. The van der Waals surface area contributed by atoms with Crippen molar-refractivity contribution in [1.29, 1.82) is 0 Å². The van der Waals surface area contributed by atoms with Gasteiger partial charge in [-0.1, -0.05) is 0 Å². The minimum atomic E-state index is -1.18. The molecule has 0 aliphatic carbocycles. The van der Waals surface area contributed by atoms with Gasteiger partial charge >= 0.3 is 29.6 Å². The van der Waals surface area contributed by atoms with Gasteiger partial charge in [0, 0.05) is 18.8 Å². The molecule has 0 bridgehead atoms. The molecule has 0 atom stereocenters. The van der Waals surface area contributed by atoms with Crippen LogP contribution < -0.4 is 49.2 Å². The molecule has 6 heteroatoms. The van der Waals surface area contributed by atoms with Gasteiger partial charge in [0.05, 0.1) is 12.2 Å². The Balaban J connectivity index is 0.00000180. The molecule has 98 valence electrons. The summed E-state index contributed by atoms with van der Waals surface area (Å²) in [5.74, 6) is 0.598. The van der Waals surface area contributed by atoms with Crippen molar-refractivity contribution in [1.82, 2.24) is 0 Å². The first kappa shape index (κ1) is 16.1. The van der Waals surface area contributed by atoms with Crippen molar-refractivity contribution in [2.75, 3.05) is 36.0 Å². The summed E-state index contributed by atoms with van der Waals surface area (Å²) in [6, 6.07) is 5.61. The van der Waals surface area contributed by atoms with E-state index in [1.807, 2.05) is 18.2 Å². The van der Waals surface area contributed by atoms with Crippen molar-refractivity contribution < 1.29 is 44.2 Å². The van der Waals surface area contributed by atoms with E-state index in [1.54, 1.807) is 0 Å². The second kappa shape index (κ2) is 7.03. The van der Waals surface area contributed by atoms with Gasteiger partial charge in [-0.25, -0.2) is 0 Å². The predicted octanol–water partition coefficient (Wildman–Crippen LogP) is -1.92. The quantitative estimate of drug-likeness (QED) is 0.602. The van der Waals surface area contributed by atoms with Crippen molar-refractivity contribution in [2.45, 2.75) is 13.8 Å². The summed E-state index contributed by atoms with van der Waals surface area (Å²) in [5, 5.41) is 11.1. The molecule has 0 aromatic heterocycles. The Hall–Kier alpha value is -0.910. The number of carbonyl (C=O) groups excluding carboxylic acids is 1. The fraction of sp³-hybridized carbons (Fsp3) is 0.462. The van der Waals surface area contributed by atoms with Gasteiger partial charge in [-0.3, -0.25) is 0 Å². The molecule has 1 aliphatic rings. The van der Waals surface area contributed by atoms with Crippen LogP contribution in [-0.2, 0) is 0 Å². The van der Waals surface area contributed by atoms with Crippen LogP contribution in [0.3, 0.4) is 0 Å². The van der Waals surface area contributed by atoms with E-state index in [2.05, 4.69) is 18.7 Å². The van der Waals surface area contributed by atoms with Crippen LogP contribution >= 0.6 is 0 Å². The molecule has 2 rings (SSSR count). The van der Waals surface area contributed by atoms with Gasteiger partial charge in [-0.05, 0) is 32.0 Å². The molecule has 5 nitrogen and oxygen atoms in total. The van der Waals surface area contributed by atoms with Gasteiger partial charge in [0.25, 0.3) is 0 Å². The molecule has 0 N–H and O–H groups in total. The van der Waals surface area contributed by atoms with Crippen LogP contribution in [-0.4, -0.2) is 32.3 Å². The zero-order valence-electron chi connectivity index (χ0n) is 11.7. The molecule has 1 aromatic rings. The number of carbonyl (C=O) groups is 1. The standard InChI is InChI=1S/C13H18N2O3.Na/c1-3-14(4-2)10-5-6-12-11(9-10)15(13(16)17)7-8-18-12;/h5-6,9H,3-4,7-8H2,1-2H3,(H,16,17);/q;+1/p-1. The number of fused-ring (bicyclic) bond motifs is 1. The van der Waals surface area contributed by atoms with Crippen LogP contribution in [0.4, 0.5) is 16.2 Å². The normalized spacial score (nSPS) is 13.1. The second-order valence-electron chi connectivity index (χ2n) is 4.09. The largest absolute Gasteiger partial charge is 1.00 e. The molecular formula is C13H17N2NaO3. The third-order valence-corrected chi connectivity index (χ3v) is 3.15. The summed E-state index contributed by atoms with van der Waals surface area (Å²) >= 11 is 0. The van der Waals surface area contributed by atoms with Gasteiger partial charge in [-0.2, -0.15) is 0 Å². The van der Waals surface area contributed by atoms with Crippen LogP contribution in [0.15, 0.2) is 18.2 Å². The number of ether oxygens (including phenoxy) is 1. The number of benzene rings is 1. The number of nitrogens with zero attached hydrogens (tertiary/aromatic N) is 2. The SMILES string of the molecule is CCN(CC)c1ccc2c(c1)N(C(=O)[O-])CCO2.[Na+]. The molecule has 1 aromatic carbocycles. The van der Waals surface area contributed by atoms with E-state index in [4.69, 9.17) is 4.74 Å². The summed E-state index contributed by atoms with van der Waals surface area (Å²) in [5.41, 5.74) is 1.57. The summed E-state index contributed by atoms with van der Waals surface area (Å²) in [7, 11) is 0. The molecular weight excluding hydrogens is 255 g/mol. The van der Waals surface area contributed by atoms with E-state index < -0.39 is 6.09 Å². The van der Waals surface area contributed by atoms with Crippen molar-refractivity contribution in [3.8, 4) is 5.75 Å². The zero-order chi connectivity index (χ0) is 13.1. The Labute approximate surface area is 135 Å². The fourth-order valence-corrected chi connectivity index (χ4v) is 2.18. The third kappa shape index (κ3) is 3.35. The van der Waals surface area contributed by atoms with Crippen molar-refractivity contribution >= 4 is 17.5 Å². The topological polar surface area (TPSA) is 55.8 Å². The Morgan fingerprint density at radius 2 is 2.11 bits per heavy atom. The van der Waals surface area contributed by atoms with E-state index in [0.717, 1.165) is 18.8 Å². The maximum Gasteiger partial charge on any atom is 1.00 e. The van der Waals surface area contributed by atoms with Gasteiger partial charge in [0.15, 0.2) is 0 Å². The van der Waals surface area contributed by atoms with E-state index in [1.165, 1.54) is 4.90 Å². The number of hydrogen-bond acceptors (Lipinski definition) is 4. The molecule has 0 saturated heterocycles. The van der Waals surface area contributed by atoms with Crippen LogP contribution in [0.2, 0.25) is 0 Å². The van der Waals surface area contributed by atoms with E-state index >= 15 is 0 Å². The maximum atomic E-state index is 11.1. The van der Waals surface area contributed by atoms with Gasteiger partial charge in [-0.15, -0.1) is 0 Å². The maximum absolute atomic E-state index is 11.1. The Bertz CT molecular complexity index is 450. The molecule has 1 amide bonds. The van der Waals surface area contributed by atoms with Crippen molar-refractivity contribution in [3.63, 3.8) is 0 Å². The molecule has 0 spiro atoms. The Kier molecular flexibility index (Phi) is 5.97. The number of amides is 1. The fourth-order valence-electron chi connectivity index (χ4n) is 2.18. The molecule has 1 heterocycles. The number of rotatable bonds is 3. The monoisotopic (exact) mass is 272 g/mol. The predicted molar refractivity (Wildman–Crippen MR) is 68.2 cm³/mol. The first-order valence-electron chi connectivity index (χ1n) is 6.17. The van der Waals surface area contributed by atoms with Crippen LogP contribution in [0.25, 0.3) is 0 Å². The number of carboxylic acid groups (broad SMARTS) is 1. The van der Waals surface area contributed by atoms with Crippen LogP contribution in [0.5, 0.6) is 5.75 Å². The summed E-state index contributed by atoms with van der Waals surface area (Å²) < 4.78 is 5.45. The number of hydrogen-bond donors (Lipinski definition) is 0. The van der Waals surface area contributed by atoms with E-state index in [-0.39, 0.29) is 29.6 Å². The zero-order valence-corrected chi connectivity index (χ0v) is 13.7. The first-order chi connectivity index (χ1) is 8.67. The molecule has 1 aliphatic heterocycles. The van der Waals surface area contributed by atoms with E-state index in [9.17, 15) is 9.90 Å². The van der Waals surface area contributed by atoms with Crippen LogP contribution in [0.1, 0.15) is 13.8 Å². The van der Waals surface area contributed by atoms with Gasteiger partial charge in [0.2, 0.25) is 0 Å². The Morgan fingerprint density at radius 3 is 2.68 bits per heavy atom. The third-order valence-electron chi connectivity index (χ3n) is 3.15. The summed E-state index contributed by atoms with van der Waals surface area (Å²) in [6.07, 6.45) is -1.18. The summed E-state index contributed by atoms with van der Waals surface area (Å²) in [6.45, 7) is 6.57. The van der Waals surface area contributed by atoms with Crippen LogP contribution in [0, 0.1) is 0 Å². The molecule has 0 radical (unpaired) electrons. The van der Waals surface area contributed by atoms with Gasteiger partial charge in [0.1, 0.15) is 18.4 Å². The number of anilines is 2. The molecule has 0 saturated carbocycles. The molecule has 0 fully saturated rings. The summed E-state index contributed by atoms with van der Waals surface area (Å²) in [4.78, 5) is 14.5. The average molecular weight is 272 g/mol. The van der Waals surface area contributed by atoms with E-state index in [0.29, 0.717) is 24.6 Å². The second-order valence-corrected chi connectivity index (χ2v) is 4.09. The first-order valence-corrected chi connectivity index (χ1v) is 6.17. The Morgan fingerprint density at radius 1 is 1.42 bits per heavy atom. The minimum Gasteiger partial charge on any atom is -0.530 e. The van der Waals surface area contributed by atoms with Crippen molar-refractivity contribution in [2.24, 2.45) is 0 Å². The smallest absolute Gasteiger partial charge is 0.530 e. The van der Waals surface area contributed by atoms with Gasteiger partial charge < -0.3 is 24.4 Å². The molecule has 0 unspecified atom stereocenters. The van der Waals surface area contributed by atoms with Crippen molar-refractivity contribution in [3.05, 3.63) is 18.2 Å². The molecule has 19 heavy (non-hydrogen) atoms. The average Bonchev–Trinajstić information content (AvgIpc) is 2.39.